The molecule has 1 unspecified atom stereocenters. The van der Waals surface area contributed by atoms with Crippen LogP contribution in [0.2, 0.25) is 0 Å². The predicted molar refractivity (Wildman–Crippen MR) is 71.7 cm³/mol. The zero-order chi connectivity index (χ0) is 13.0. The van der Waals surface area contributed by atoms with Gasteiger partial charge < -0.3 is 14.7 Å². The van der Waals surface area contributed by atoms with E-state index in [4.69, 9.17) is 4.74 Å². The van der Waals surface area contributed by atoms with Crippen LogP contribution in [0.4, 0.5) is 5.69 Å². The zero-order valence-electron chi connectivity index (χ0n) is 11.2. The fourth-order valence-electron chi connectivity index (χ4n) is 2.36. The average molecular weight is 250 g/mol. The SMILES string of the molecule is CC[C@@H](O)c1ccc(N2CCCC(OC)C2)cn1. The first-order valence-corrected chi connectivity index (χ1v) is 6.66. The van der Waals surface area contributed by atoms with Gasteiger partial charge in [0.15, 0.2) is 0 Å². The highest BCUT2D eigenvalue weighted by Gasteiger charge is 2.20. The molecular formula is C14H22N2O2. The van der Waals surface area contributed by atoms with Crippen molar-refractivity contribution in [2.75, 3.05) is 25.1 Å². The van der Waals surface area contributed by atoms with Gasteiger partial charge in [0.05, 0.1) is 29.8 Å². The monoisotopic (exact) mass is 250 g/mol. The van der Waals surface area contributed by atoms with Crippen LogP contribution in [0, 0.1) is 0 Å². The second kappa shape index (κ2) is 6.16. The highest BCUT2D eigenvalue weighted by molar-refractivity contribution is 5.45. The molecule has 1 fully saturated rings. The van der Waals surface area contributed by atoms with Gasteiger partial charge in [-0.1, -0.05) is 6.92 Å². The van der Waals surface area contributed by atoms with E-state index in [1.54, 1.807) is 7.11 Å². The quantitative estimate of drug-likeness (QED) is 0.889. The van der Waals surface area contributed by atoms with E-state index in [-0.39, 0.29) is 0 Å². The topological polar surface area (TPSA) is 45.6 Å². The summed E-state index contributed by atoms with van der Waals surface area (Å²) in [5.74, 6) is 0. The van der Waals surface area contributed by atoms with Crippen LogP contribution in [0.5, 0.6) is 0 Å². The van der Waals surface area contributed by atoms with Gasteiger partial charge in [-0.3, -0.25) is 4.98 Å². The highest BCUT2D eigenvalue weighted by atomic mass is 16.5. The van der Waals surface area contributed by atoms with Crippen molar-refractivity contribution in [3.63, 3.8) is 0 Å². The van der Waals surface area contributed by atoms with Crippen LogP contribution in [0.1, 0.15) is 38.0 Å². The number of nitrogens with zero attached hydrogens (tertiary/aromatic N) is 2. The molecule has 18 heavy (non-hydrogen) atoms. The van der Waals surface area contributed by atoms with E-state index in [0.717, 1.165) is 37.3 Å². The fourth-order valence-corrected chi connectivity index (χ4v) is 2.36. The predicted octanol–water partition coefficient (Wildman–Crippen LogP) is 2.14. The number of aromatic nitrogens is 1. The van der Waals surface area contributed by atoms with Gasteiger partial charge in [0.25, 0.3) is 0 Å². The lowest BCUT2D eigenvalue weighted by Gasteiger charge is -2.33. The van der Waals surface area contributed by atoms with Gasteiger partial charge in [0.1, 0.15) is 0 Å². The number of anilines is 1. The lowest BCUT2D eigenvalue weighted by atomic mass is 10.1. The molecule has 1 aliphatic rings. The largest absolute Gasteiger partial charge is 0.387 e. The molecule has 2 rings (SSSR count). The average Bonchev–Trinajstić information content (AvgIpc) is 2.46. The molecular weight excluding hydrogens is 228 g/mol. The first kappa shape index (κ1) is 13.3. The Kier molecular flexibility index (Phi) is 4.55. The van der Waals surface area contributed by atoms with Crippen LogP contribution in [0.15, 0.2) is 18.3 Å². The Morgan fingerprint density at radius 3 is 3.00 bits per heavy atom. The number of hydrogen-bond donors (Lipinski definition) is 1. The summed E-state index contributed by atoms with van der Waals surface area (Å²) in [6.07, 6.45) is 4.70. The number of aliphatic hydroxyl groups is 1. The Morgan fingerprint density at radius 1 is 1.56 bits per heavy atom. The number of methoxy groups -OCH3 is 1. The maximum atomic E-state index is 9.71. The van der Waals surface area contributed by atoms with Crippen molar-refractivity contribution in [3.05, 3.63) is 24.0 Å². The van der Waals surface area contributed by atoms with Crippen molar-refractivity contribution >= 4 is 5.69 Å². The normalized spacial score (nSPS) is 21.9. The molecule has 4 heteroatoms. The summed E-state index contributed by atoms with van der Waals surface area (Å²) in [5, 5.41) is 9.71. The summed E-state index contributed by atoms with van der Waals surface area (Å²) in [6.45, 7) is 3.93. The summed E-state index contributed by atoms with van der Waals surface area (Å²) in [5.41, 5.74) is 1.87. The number of aliphatic hydroxyl groups excluding tert-OH is 1. The maximum Gasteiger partial charge on any atom is 0.0957 e. The molecule has 4 nitrogen and oxygen atoms in total. The van der Waals surface area contributed by atoms with Crippen LogP contribution in [0.25, 0.3) is 0 Å². The molecule has 0 radical (unpaired) electrons. The van der Waals surface area contributed by atoms with Crippen molar-refractivity contribution in [2.45, 2.75) is 38.4 Å². The summed E-state index contributed by atoms with van der Waals surface area (Å²) in [4.78, 5) is 6.64. The number of piperidine rings is 1. The Morgan fingerprint density at radius 2 is 2.39 bits per heavy atom. The van der Waals surface area contributed by atoms with Gasteiger partial charge in [-0.15, -0.1) is 0 Å². The van der Waals surface area contributed by atoms with Gasteiger partial charge >= 0.3 is 0 Å². The molecule has 1 aromatic heterocycles. The van der Waals surface area contributed by atoms with Gasteiger partial charge in [-0.25, -0.2) is 0 Å². The molecule has 0 saturated carbocycles. The lowest BCUT2D eigenvalue weighted by molar-refractivity contribution is 0.0893. The van der Waals surface area contributed by atoms with Crippen LogP contribution in [-0.4, -0.2) is 36.4 Å². The van der Waals surface area contributed by atoms with E-state index in [2.05, 4.69) is 9.88 Å². The Labute approximate surface area is 109 Å². The molecule has 1 saturated heterocycles. The molecule has 0 spiro atoms. The molecule has 1 aliphatic heterocycles. The van der Waals surface area contributed by atoms with Gasteiger partial charge in [-0.2, -0.15) is 0 Å². The molecule has 1 N–H and O–H groups in total. The van der Waals surface area contributed by atoms with E-state index >= 15 is 0 Å². The minimum atomic E-state index is -0.452. The van der Waals surface area contributed by atoms with Crippen molar-refractivity contribution in [1.82, 2.24) is 4.98 Å². The van der Waals surface area contributed by atoms with Crippen molar-refractivity contribution in [2.24, 2.45) is 0 Å². The van der Waals surface area contributed by atoms with Crippen molar-refractivity contribution < 1.29 is 9.84 Å². The zero-order valence-corrected chi connectivity index (χ0v) is 11.2. The smallest absolute Gasteiger partial charge is 0.0957 e. The number of rotatable bonds is 4. The minimum absolute atomic E-state index is 0.319. The summed E-state index contributed by atoms with van der Waals surface area (Å²) >= 11 is 0. The van der Waals surface area contributed by atoms with E-state index in [0.29, 0.717) is 12.5 Å². The van der Waals surface area contributed by atoms with E-state index in [1.165, 1.54) is 0 Å². The van der Waals surface area contributed by atoms with Crippen LogP contribution < -0.4 is 4.90 Å². The van der Waals surface area contributed by atoms with Crippen LogP contribution in [0.3, 0.4) is 0 Å². The summed E-state index contributed by atoms with van der Waals surface area (Å²) in [6, 6.07) is 3.96. The first-order valence-electron chi connectivity index (χ1n) is 6.66. The highest BCUT2D eigenvalue weighted by Crippen LogP contribution is 2.22. The van der Waals surface area contributed by atoms with Gasteiger partial charge in [0.2, 0.25) is 0 Å². The second-order valence-corrected chi connectivity index (χ2v) is 4.81. The molecule has 2 heterocycles. The third kappa shape index (κ3) is 3.00. The second-order valence-electron chi connectivity index (χ2n) is 4.81. The van der Waals surface area contributed by atoms with E-state index in [1.807, 2.05) is 25.3 Å². The number of ether oxygens (including phenoxy) is 1. The maximum absolute atomic E-state index is 9.71. The van der Waals surface area contributed by atoms with Crippen molar-refractivity contribution in [3.8, 4) is 0 Å². The number of hydrogen-bond acceptors (Lipinski definition) is 4. The lowest BCUT2D eigenvalue weighted by Crippen LogP contribution is -2.39. The Bertz CT molecular complexity index is 367. The molecule has 0 aromatic carbocycles. The van der Waals surface area contributed by atoms with Crippen molar-refractivity contribution in [1.29, 1.82) is 0 Å². The summed E-state index contributed by atoms with van der Waals surface area (Å²) in [7, 11) is 1.77. The molecule has 100 valence electrons. The molecule has 1 aromatic rings. The van der Waals surface area contributed by atoms with Crippen LogP contribution in [-0.2, 0) is 4.74 Å². The Balaban J connectivity index is 2.04. The first-order chi connectivity index (χ1) is 8.74. The fraction of sp³-hybridized carbons (Fsp3) is 0.643. The minimum Gasteiger partial charge on any atom is -0.387 e. The third-order valence-corrected chi connectivity index (χ3v) is 3.58. The van der Waals surface area contributed by atoms with Gasteiger partial charge in [0, 0.05) is 20.2 Å². The standard InChI is InChI=1S/C14H22N2O2/c1-3-14(17)13-7-6-11(9-15-13)16-8-4-5-12(10-16)18-2/h6-7,9,12,14,17H,3-5,8,10H2,1-2H3/t12?,14-/m1/s1. The third-order valence-electron chi connectivity index (χ3n) is 3.58. The molecule has 0 amide bonds. The van der Waals surface area contributed by atoms with Crippen LogP contribution >= 0.6 is 0 Å². The Hall–Kier alpha value is -1.13. The summed E-state index contributed by atoms with van der Waals surface area (Å²) < 4.78 is 5.42. The molecule has 2 atom stereocenters. The molecule has 0 bridgehead atoms. The van der Waals surface area contributed by atoms with E-state index < -0.39 is 6.10 Å². The number of pyridine rings is 1. The van der Waals surface area contributed by atoms with Gasteiger partial charge in [-0.05, 0) is 31.4 Å². The molecule has 0 aliphatic carbocycles. The van der Waals surface area contributed by atoms with E-state index in [9.17, 15) is 5.11 Å².